The number of hydrogen-bond acceptors (Lipinski definition) is 10. The van der Waals surface area contributed by atoms with E-state index in [1.165, 1.54) is 12.5 Å². The average Bonchev–Trinajstić information content (AvgIpc) is 3.41. The molecule has 1 heterocycles. The quantitative estimate of drug-likeness (QED) is 0.306. The van der Waals surface area contributed by atoms with Crippen LogP contribution in [-0.4, -0.2) is 58.6 Å². The van der Waals surface area contributed by atoms with Crippen molar-refractivity contribution in [1.82, 2.24) is 5.06 Å². The molecule has 42 heavy (non-hydrogen) atoms. The molecule has 1 saturated heterocycles. The molecular weight excluding hydrogens is 546 g/mol. The van der Waals surface area contributed by atoms with Crippen LogP contribution in [0, 0.1) is 28.6 Å². The molecule has 0 aromatic carbocycles. The molecule has 228 valence electrons. The van der Waals surface area contributed by atoms with Crippen LogP contribution in [0.4, 0.5) is 0 Å². The summed E-state index contributed by atoms with van der Waals surface area (Å²) < 4.78 is 11.1. The molecular formula is C31H39NO10. The Kier molecular flexibility index (Phi) is 7.91. The van der Waals surface area contributed by atoms with Gasteiger partial charge in [0.15, 0.2) is 18.0 Å². The summed E-state index contributed by atoms with van der Waals surface area (Å²) in [5, 5.41) is 0.406. The monoisotopic (exact) mass is 585 g/mol. The van der Waals surface area contributed by atoms with E-state index < -0.39 is 66.0 Å². The predicted octanol–water partition coefficient (Wildman–Crippen LogP) is 3.32. The summed E-state index contributed by atoms with van der Waals surface area (Å²) in [6, 6.07) is 0. The second-order valence-electron chi connectivity index (χ2n) is 13.0. The number of nitrogens with zero attached hydrogens (tertiary/aromatic N) is 1. The number of allylic oxidation sites excluding steroid dienone is 1. The largest absolute Gasteiger partial charge is 0.457 e. The SMILES string of the molecule is CC(=O)O[C@]1(C(=O)COC(=O)CCC(=O)ON2C(=O)CCC2=O)CC[C@@H]2[C@H]3CCC4=CC(=O)CC[C@]4(C)[C@@H]3CC[C@@]21C. The summed E-state index contributed by atoms with van der Waals surface area (Å²) in [5.41, 5.74) is -0.854. The van der Waals surface area contributed by atoms with Crippen LogP contribution in [0.1, 0.15) is 97.8 Å². The Morgan fingerprint density at radius 1 is 0.857 bits per heavy atom. The van der Waals surface area contributed by atoms with E-state index in [2.05, 4.69) is 6.92 Å². The lowest BCUT2D eigenvalue weighted by Gasteiger charge is -2.59. The van der Waals surface area contributed by atoms with Gasteiger partial charge in [0.1, 0.15) is 0 Å². The standard InChI is InChI=1S/C31H39NO10/c1-18(33)41-31(24(35)17-40-27(38)8-9-28(39)42-32-25(36)6-7-26(32)37)15-12-23-21-5-4-19-16-20(34)10-13-29(19,2)22(21)11-14-30(23,31)3/h16,21-23H,4-15,17H2,1-3H3/t21-,22+,23+,29-,30-,31-/m0/s1. The Morgan fingerprint density at radius 3 is 2.21 bits per heavy atom. The summed E-state index contributed by atoms with van der Waals surface area (Å²) in [6.45, 7) is 4.98. The zero-order chi connectivity index (χ0) is 30.4. The summed E-state index contributed by atoms with van der Waals surface area (Å²) >= 11 is 0. The fraction of sp³-hybridized carbons (Fsp3) is 0.710. The second-order valence-corrected chi connectivity index (χ2v) is 13.0. The van der Waals surface area contributed by atoms with E-state index in [9.17, 15) is 33.6 Å². The molecule has 6 atom stereocenters. The van der Waals surface area contributed by atoms with Crippen molar-refractivity contribution < 1.29 is 47.9 Å². The van der Waals surface area contributed by atoms with Crippen LogP contribution in [0.5, 0.6) is 0 Å². The molecule has 0 radical (unpaired) electrons. The first-order valence-corrected chi connectivity index (χ1v) is 15.0. The minimum absolute atomic E-state index is 0.0408. The van der Waals surface area contributed by atoms with Gasteiger partial charge in [-0.2, -0.15) is 0 Å². The van der Waals surface area contributed by atoms with E-state index in [1.807, 2.05) is 13.0 Å². The third-order valence-corrected chi connectivity index (χ3v) is 10.9. The number of hydrogen-bond donors (Lipinski definition) is 0. The van der Waals surface area contributed by atoms with Crippen molar-refractivity contribution in [2.75, 3.05) is 6.61 Å². The molecule has 4 aliphatic carbocycles. The number of carbonyl (C=O) groups excluding carboxylic acids is 7. The highest BCUT2D eigenvalue weighted by Crippen LogP contribution is 2.68. The second kappa shape index (κ2) is 11.0. The summed E-state index contributed by atoms with van der Waals surface area (Å²) in [4.78, 5) is 90.8. The van der Waals surface area contributed by atoms with Crippen molar-refractivity contribution in [2.24, 2.45) is 28.6 Å². The van der Waals surface area contributed by atoms with E-state index in [-0.39, 0.29) is 30.0 Å². The fourth-order valence-electron chi connectivity index (χ4n) is 8.83. The Hall–Kier alpha value is -3.37. The molecule has 0 unspecified atom stereocenters. The highest BCUT2D eigenvalue weighted by Gasteiger charge is 2.68. The number of hydroxylamine groups is 2. The summed E-state index contributed by atoms with van der Waals surface area (Å²) in [6.07, 6.45) is 6.65. The predicted molar refractivity (Wildman–Crippen MR) is 144 cm³/mol. The van der Waals surface area contributed by atoms with Gasteiger partial charge in [0.2, 0.25) is 5.78 Å². The topological polar surface area (TPSA) is 150 Å². The van der Waals surface area contributed by atoms with Crippen LogP contribution in [0.2, 0.25) is 0 Å². The van der Waals surface area contributed by atoms with E-state index in [1.54, 1.807) is 0 Å². The number of Topliss-reactive ketones (excluding diaryl/α,β-unsaturated/α-hetero) is 1. The molecule has 0 spiro atoms. The third-order valence-electron chi connectivity index (χ3n) is 10.9. The molecule has 5 rings (SSSR count). The lowest BCUT2D eigenvalue weighted by Crippen LogP contribution is -2.59. The minimum atomic E-state index is -1.43. The van der Waals surface area contributed by atoms with Gasteiger partial charge in [-0.3, -0.25) is 28.8 Å². The van der Waals surface area contributed by atoms with E-state index >= 15 is 0 Å². The number of fused-ring (bicyclic) bond motifs is 5. The molecule has 0 aromatic rings. The van der Waals surface area contributed by atoms with Crippen molar-refractivity contribution in [3.8, 4) is 0 Å². The van der Waals surface area contributed by atoms with Gasteiger partial charge >= 0.3 is 17.9 Å². The van der Waals surface area contributed by atoms with E-state index in [0.717, 1.165) is 25.7 Å². The van der Waals surface area contributed by atoms with Crippen LogP contribution < -0.4 is 0 Å². The smallest absolute Gasteiger partial charge is 0.333 e. The van der Waals surface area contributed by atoms with Crippen molar-refractivity contribution in [2.45, 2.75) is 103 Å². The van der Waals surface area contributed by atoms with Crippen molar-refractivity contribution >= 4 is 41.3 Å². The number of esters is 2. The molecule has 1 aliphatic heterocycles. The first-order valence-electron chi connectivity index (χ1n) is 15.0. The first kappa shape index (κ1) is 30.1. The minimum Gasteiger partial charge on any atom is -0.457 e. The molecule has 0 bridgehead atoms. The molecule has 5 aliphatic rings. The molecule has 2 amide bonds. The number of ketones is 2. The maximum Gasteiger partial charge on any atom is 0.333 e. The van der Waals surface area contributed by atoms with Gasteiger partial charge in [0.05, 0.1) is 12.8 Å². The van der Waals surface area contributed by atoms with Crippen molar-refractivity contribution in [3.63, 3.8) is 0 Å². The number of amides is 2. The van der Waals surface area contributed by atoms with Gasteiger partial charge in [0, 0.05) is 31.6 Å². The third kappa shape index (κ3) is 4.98. The van der Waals surface area contributed by atoms with Crippen LogP contribution in [0.15, 0.2) is 11.6 Å². The van der Waals surface area contributed by atoms with Gasteiger partial charge in [-0.1, -0.05) is 19.4 Å². The maximum atomic E-state index is 13.8. The zero-order valence-electron chi connectivity index (χ0n) is 24.5. The molecule has 0 N–H and O–H groups in total. The van der Waals surface area contributed by atoms with Gasteiger partial charge in [0.25, 0.3) is 11.8 Å². The molecule has 0 aromatic heterocycles. The summed E-state index contributed by atoms with van der Waals surface area (Å²) in [7, 11) is 0. The highest BCUT2D eigenvalue weighted by molar-refractivity contribution is 6.01. The number of rotatable bonds is 8. The molecule has 3 saturated carbocycles. The Balaban J connectivity index is 1.24. The number of ether oxygens (including phenoxy) is 2. The first-order chi connectivity index (χ1) is 19.8. The van der Waals surface area contributed by atoms with Gasteiger partial charge in [-0.15, -0.1) is 5.06 Å². The fourth-order valence-corrected chi connectivity index (χ4v) is 8.83. The lowest BCUT2D eigenvalue weighted by molar-refractivity contribution is -0.197. The van der Waals surface area contributed by atoms with Crippen LogP contribution in [0.25, 0.3) is 0 Å². The normalized spacial score (nSPS) is 35.5. The Labute approximate surface area is 244 Å². The van der Waals surface area contributed by atoms with Crippen LogP contribution in [0.3, 0.4) is 0 Å². The lowest BCUT2D eigenvalue weighted by atomic mass is 9.46. The average molecular weight is 586 g/mol. The Bertz CT molecular complexity index is 1250. The Morgan fingerprint density at radius 2 is 1.52 bits per heavy atom. The van der Waals surface area contributed by atoms with Crippen LogP contribution in [-0.2, 0) is 47.9 Å². The number of carbonyl (C=O) groups is 7. The van der Waals surface area contributed by atoms with Gasteiger partial charge < -0.3 is 14.3 Å². The van der Waals surface area contributed by atoms with E-state index in [0.29, 0.717) is 42.6 Å². The molecule has 11 heteroatoms. The van der Waals surface area contributed by atoms with Crippen molar-refractivity contribution in [1.29, 1.82) is 0 Å². The molecule has 4 fully saturated rings. The zero-order valence-corrected chi connectivity index (χ0v) is 24.5. The van der Waals surface area contributed by atoms with Crippen molar-refractivity contribution in [3.05, 3.63) is 11.6 Å². The number of imide groups is 1. The summed E-state index contributed by atoms with van der Waals surface area (Å²) in [5.74, 6) is -3.01. The maximum absolute atomic E-state index is 13.8. The van der Waals surface area contributed by atoms with Crippen LogP contribution >= 0.6 is 0 Å². The van der Waals surface area contributed by atoms with Gasteiger partial charge in [-0.25, -0.2) is 4.79 Å². The molecule has 11 nitrogen and oxygen atoms in total. The van der Waals surface area contributed by atoms with Gasteiger partial charge in [-0.05, 0) is 74.2 Å². The van der Waals surface area contributed by atoms with E-state index in [4.69, 9.17) is 14.3 Å². The highest BCUT2D eigenvalue weighted by atomic mass is 16.7.